The summed E-state index contributed by atoms with van der Waals surface area (Å²) in [6.07, 6.45) is 1.62. The molecule has 0 spiro atoms. The van der Waals surface area contributed by atoms with Crippen LogP contribution >= 0.6 is 0 Å². The van der Waals surface area contributed by atoms with Gasteiger partial charge >= 0.3 is 5.97 Å². The van der Waals surface area contributed by atoms with Crippen LogP contribution in [0.15, 0.2) is 23.0 Å². The summed E-state index contributed by atoms with van der Waals surface area (Å²) in [5, 5.41) is 8.74. The standard InChI is InChI=1S/C18H22N4O3/c1-11-16-17(21-20-11)13-10-12(5-7-15(23)25-2)4-6-14(13)22(18(16)24)9-3-8-19/h4,6,10H,3,5,7-9,19H2,1-2H3,(H,20,21). The maximum Gasteiger partial charge on any atom is 0.305 e. The number of carbonyl (C=O) groups is 1. The molecule has 0 saturated heterocycles. The third kappa shape index (κ3) is 3.15. The maximum absolute atomic E-state index is 12.9. The first-order valence-electron chi connectivity index (χ1n) is 8.33. The zero-order chi connectivity index (χ0) is 18.0. The smallest absolute Gasteiger partial charge is 0.305 e. The molecule has 3 N–H and O–H groups in total. The highest BCUT2D eigenvalue weighted by Gasteiger charge is 2.15. The maximum atomic E-state index is 12.9. The van der Waals surface area contributed by atoms with E-state index in [4.69, 9.17) is 10.5 Å². The molecule has 0 unspecified atom stereocenters. The molecule has 0 fully saturated rings. The highest BCUT2D eigenvalue weighted by molar-refractivity contribution is 6.04. The van der Waals surface area contributed by atoms with Gasteiger partial charge in [-0.15, -0.1) is 0 Å². The third-order valence-corrected chi connectivity index (χ3v) is 4.44. The Kier molecular flexibility index (Phi) is 4.85. The number of ether oxygens (including phenoxy) is 1. The molecule has 0 aliphatic heterocycles. The van der Waals surface area contributed by atoms with Gasteiger partial charge in [-0.25, -0.2) is 0 Å². The molecule has 0 aliphatic carbocycles. The Morgan fingerprint density at radius 1 is 1.40 bits per heavy atom. The monoisotopic (exact) mass is 342 g/mol. The van der Waals surface area contributed by atoms with Crippen molar-refractivity contribution in [1.82, 2.24) is 14.8 Å². The van der Waals surface area contributed by atoms with Crippen molar-refractivity contribution >= 4 is 27.8 Å². The Bertz CT molecular complexity index is 987. The number of nitrogens with two attached hydrogens (primary N) is 1. The molecule has 2 aromatic heterocycles. The zero-order valence-electron chi connectivity index (χ0n) is 14.5. The number of fused-ring (bicyclic) bond motifs is 3. The van der Waals surface area contributed by atoms with Crippen molar-refractivity contribution in [3.05, 3.63) is 39.8 Å². The lowest BCUT2D eigenvalue weighted by atomic mass is 10.0. The molecular formula is C18H22N4O3. The molecular weight excluding hydrogens is 320 g/mol. The highest BCUT2D eigenvalue weighted by atomic mass is 16.5. The van der Waals surface area contributed by atoms with E-state index in [-0.39, 0.29) is 11.5 Å². The molecule has 3 aromatic rings. The fourth-order valence-electron chi connectivity index (χ4n) is 3.11. The lowest BCUT2D eigenvalue weighted by Gasteiger charge is -2.12. The number of aromatic nitrogens is 3. The highest BCUT2D eigenvalue weighted by Crippen LogP contribution is 2.24. The van der Waals surface area contributed by atoms with Gasteiger partial charge in [0.1, 0.15) is 5.52 Å². The van der Waals surface area contributed by atoms with Crippen molar-refractivity contribution in [3.8, 4) is 0 Å². The molecule has 132 valence electrons. The average Bonchev–Trinajstić information content (AvgIpc) is 3.01. The van der Waals surface area contributed by atoms with Crippen LogP contribution in [0.2, 0.25) is 0 Å². The number of H-pyrrole nitrogens is 1. The van der Waals surface area contributed by atoms with E-state index in [2.05, 4.69) is 10.2 Å². The van der Waals surface area contributed by atoms with E-state index in [9.17, 15) is 9.59 Å². The fourth-order valence-corrected chi connectivity index (χ4v) is 3.11. The Morgan fingerprint density at radius 3 is 2.92 bits per heavy atom. The van der Waals surface area contributed by atoms with Crippen LogP contribution in [0.3, 0.4) is 0 Å². The number of carbonyl (C=O) groups excluding carboxylic acids is 1. The molecule has 1 aromatic carbocycles. The number of aryl methyl sites for hydroxylation is 3. The van der Waals surface area contributed by atoms with Crippen molar-refractivity contribution in [2.45, 2.75) is 32.7 Å². The van der Waals surface area contributed by atoms with Gasteiger partial charge in [-0.3, -0.25) is 14.7 Å². The molecule has 25 heavy (non-hydrogen) atoms. The quantitative estimate of drug-likeness (QED) is 0.663. The van der Waals surface area contributed by atoms with Gasteiger partial charge in [-0.2, -0.15) is 5.10 Å². The van der Waals surface area contributed by atoms with Crippen LogP contribution in [0, 0.1) is 6.92 Å². The number of benzene rings is 1. The minimum Gasteiger partial charge on any atom is -0.469 e. The predicted octanol–water partition coefficient (Wildman–Crippen LogP) is 1.64. The molecule has 2 heterocycles. The second-order valence-corrected chi connectivity index (χ2v) is 6.10. The zero-order valence-corrected chi connectivity index (χ0v) is 14.5. The first-order valence-corrected chi connectivity index (χ1v) is 8.33. The van der Waals surface area contributed by atoms with Crippen LogP contribution in [0.5, 0.6) is 0 Å². The van der Waals surface area contributed by atoms with Crippen LogP contribution in [-0.4, -0.2) is 34.4 Å². The van der Waals surface area contributed by atoms with Crippen LogP contribution in [0.4, 0.5) is 0 Å². The van der Waals surface area contributed by atoms with Crippen molar-refractivity contribution in [3.63, 3.8) is 0 Å². The molecule has 0 atom stereocenters. The molecule has 3 rings (SSSR count). The second-order valence-electron chi connectivity index (χ2n) is 6.10. The average molecular weight is 342 g/mol. The predicted molar refractivity (Wildman–Crippen MR) is 96.6 cm³/mol. The number of nitrogens with zero attached hydrogens (tertiary/aromatic N) is 2. The third-order valence-electron chi connectivity index (χ3n) is 4.44. The Balaban J connectivity index is 2.17. The largest absolute Gasteiger partial charge is 0.469 e. The van der Waals surface area contributed by atoms with Crippen molar-refractivity contribution < 1.29 is 9.53 Å². The minimum atomic E-state index is -0.242. The van der Waals surface area contributed by atoms with Crippen molar-refractivity contribution in [2.24, 2.45) is 5.73 Å². The SMILES string of the molecule is COC(=O)CCc1ccc2c(c1)c1n[nH]c(C)c1c(=O)n2CCCN. The number of methoxy groups -OCH3 is 1. The molecule has 7 nitrogen and oxygen atoms in total. The van der Waals surface area contributed by atoms with Gasteiger partial charge < -0.3 is 15.0 Å². The summed E-state index contributed by atoms with van der Waals surface area (Å²) in [6.45, 7) is 2.93. The van der Waals surface area contributed by atoms with Crippen LogP contribution < -0.4 is 11.3 Å². The molecule has 0 aliphatic rings. The Hall–Kier alpha value is -2.67. The number of esters is 1. The number of nitrogens with one attached hydrogen (secondary N) is 1. The second kappa shape index (κ2) is 7.06. The number of hydrogen-bond donors (Lipinski definition) is 2. The van der Waals surface area contributed by atoms with E-state index in [1.807, 2.05) is 25.1 Å². The molecule has 7 heteroatoms. The molecule has 0 bridgehead atoms. The van der Waals surface area contributed by atoms with Gasteiger partial charge in [-0.1, -0.05) is 6.07 Å². The normalized spacial score (nSPS) is 11.3. The minimum absolute atomic E-state index is 0.0514. The molecule has 0 radical (unpaired) electrons. The topological polar surface area (TPSA) is 103 Å². The first-order chi connectivity index (χ1) is 12.1. The number of pyridine rings is 1. The number of rotatable bonds is 6. The van der Waals surface area contributed by atoms with Gasteiger partial charge in [0, 0.05) is 24.0 Å². The van der Waals surface area contributed by atoms with E-state index < -0.39 is 0 Å². The summed E-state index contributed by atoms with van der Waals surface area (Å²) < 4.78 is 6.46. The first kappa shape index (κ1) is 17.2. The summed E-state index contributed by atoms with van der Waals surface area (Å²) in [5.41, 5.74) is 8.83. The van der Waals surface area contributed by atoms with E-state index in [0.29, 0.717) is 36.8 Å². The van der Waals surface area contributed by atoms with Crippen LogP contribution in [0.25, 0.3) is 21.8 Å². The fraction of sp³-hybridized carbons (Fsp3) is 0.389. The summed E-state index contributed by atoms with van der Waals surface area (Å²) >= 11 is 0. The van der Waals surface area contributed by atoms with Gasteiger partial charge in [0.05, 0.1) is 18.0 Å². The van der Waals surface area contributed by atoms with Gasteiger partial charge in [0.2, 0.25) is 0 Å². The summed E-state index contributed by atoms with van der Waals surface area (Å²) in [6, 6.07) is 5.86. The number of aromatic amines is 1. The van der Waals surface area contributed by atoms with E-state index in [1.54, 1.807) is 4.57 Å². The molecule has 0 saturated carbocycles. The Morgan fingerprint density at radius 2 is 2.20 bits per heavy atom. The van der Waals surface area contributed by atoms with Crippen LogP contribution in [-0.2, 0) is 22.5 Å². The van der Waals surface area contributed by atoms with Gasteiger partial charge in [0.25, 0.3) is 5.56 Å². The molecule has 0 amide bonds. The van der Waals surface area contributed by atoms with Crippen molar-refractivity contribution in [2.75, 3.05) is 13.7 Å². The van der Waals surface area contributed by atoms with Gasteiger partial charge in [0.15, 0.2) is 0 Å². The van der Waals surface area contributed by atoms with E-state index >= 15 is 0 Å². The summed E-state index contributed by atoms with van der Waals surface area (Å²) in [7, 11) is 1.38. The Labute approximate surface area is 144 Å². The summed E-state index contributed by atoms with van der Waals surface area (Å²) in [5.74, 6) is -0.242. The van der Waals surface area contributed by atoms with E-state index in [0.717, 1.165) is 28.6 Å². The number of hydrogen-bond acceptors (Lipinski definition) is 5. The lowest BCUT2D eigenvalue weighted by molar-refractivity contribution is -0.140. The lowest BCUT2D eigenvalue weighted by Crippen LogP contribution is -2.22. The van der Waals surface area contributed by atoms with Gasteiger partial charge in [-0.05, 0) is 44.0 Å². The van der Waals surface area contributed by atoms with Crippen LogP contribution in [0.1, 0.15) is 24.1 Å². The van der Waals surface area contributed by atoms with E-state index in [1.165, 1.54) is 7.11 Å². The van der Waals surface area contributed by atoms with Crippen molar-refractivity contribution in [1.29, 1.82) is 0 Å². The summed E-state index contributed by atoms with van der Waals surface area (Å²) in [4.78, 5) is 24.3.